The van der Waals surface area contributed by atoms with Gasteiger partial charge < -0.3 is 4.57 Å². The van der Waals surface area contributed by atoms with Crippen LogP contribution in [-0.2, 0) is 7.05 Å². The molecule has 0 aliphatic heterocycles. The molecule has 0 aliphatic carbocycles. The molecule has 2 aromatic heterocycles. The summed E-state index contributed by atoms with van der Waals surface area (Å²) in [4.78, 5) is 8.93. The Kier molecular flexibility index (Phi) is 2.65. The molecule has 0 fully saturated rings. The number of hydrogen-bond acceptors (Lipinski definition) is 2. The minimum Gasteiger partial charge on any atom is -0.336 e. The molecular formula is C15H13N3. The van der Waals surface area contributed by atoms with Crippen molar-refractivity contribution in [2.45, 2.75) is 0 Å². The standard InChI is InChI=1S/C15H13N3/c1-18-10-3-2-6-15(18)17-13-7-8-14-12(11-13)5-4-9-16-14/h2-11H,1H3. The lowest BCUT2D eigenvalue weighted by Gasteiger charge is -2.00. The zero-order chi connectivity index (χ0) is 12.4. The van der Waals surface area contributed by atoms with Gasteiger partial charge in [-0.3, -0.25) is 4.98 Å². The minimum atomic E-state index is 0.931. The minimum absolute atomic E-state index is 0.931. The summed E-state index contributed by atoms with van der Waals surface area (Å²) in [6.07, 6.45) is 3.79. The lowest BCUT2D eigenvalue weighted by Crippen LogP contribution is -2.15. The Morgan fingerprint density at radius 2 is 2.00 bits per heavy atom. The third-order valence-corrected chi connectivity index (χ3v) is 2.86. The summed E-state index contributed by atoms with van der Waals surface area (Å²) in [5.41, 5.74) is 2.87. The van der Waals surface area contributed by atoms with Crippen molar-refractivity contribution in [3.63, 3.8) is 0 Å². The van der Waals surface area contributed by atoms with Crippen molar-refractivity contribution in [3.8, 4) is 0 Å². The Bertz CT molecular complexity index is 757. The van der Waals surface area contributed by atoms with Gasteiger partial charge in [-0.1, -0.05) is 12.1 Å². The monoisotopic (exact) mass is 235 g/mol. The predicted molar refractivity (Wildman–Crippen MR) is 72.4 cm³/mol. The van der Waals surface area contributed by atoms with Crippen LogP contribution in [0.4, 0.5) is 5.69 Å². The molecule has 0 saturated carbocycles. The second-order valence-electron chi connectivity index (χ2n) is 4.16. The highest BCUT2D eigenvalue weighted by Gasteiger charge is 1.95. The molecule has 88 valence electrons. The summed E-state index contributed by atoms with van der Waals surface area (Å²) in [7, 11) is 1.99. The van der Waals surface area contributed by atoms with Gasteiger partial charge in [-0.05, 0) is 36.4 Å². The van der Waals surface area contributed by atoms with Gasteiger partial charge in [0.05, 0.1) is 11.2 Å². The molecule has 0 N–H and O–H groups in total. The third-order valence-electron chi connectivity index (χ3n) is 2.86. The molecule has 2 heterocycles. The van der Waals surface area contributed by atoms with E-state index in [0.717, 1.165) is 22.1 Å². The lowest BCUT2D eigenvalue weighted by atomic mass is 10.2. The van der Waals surface area contributed by atoms with E-state index in [1.54, 1.807) is 6.20 Å². The van der Waals surface area contributed by atoms with Crippen molar-refractivity contribution < 1.29 is 0 Å². The normalized spacial score (nSPS) is 11.9. The molecule has 0 spiro atoms. The lowest BCUT2D eigenvalue weighted by molar-refractivity contribution is 0.835. The Hall–Kier alpha value is -2.42. The van der Waals surface area contributed by atoms with Crippen LogP contribution in [0.2, 0.25) is 0 Å². The van der Waals surface area contributed by atoms with Crippen LogP contribution in [0, 0.1) is 0 Å². The number of fused-ring (bicyclic) bond motifs is 1. The molecule has 0 unspecified atom stereocenters. The van der Waals surface area contributed by atoms with E-state index in [1.165, 1.54) is 0 Å². The molecule has 0 saturated heterocycles. The van der Waals surface area contributed by atoms with Gasteiger partial charge in [-0.2, -0.15) is 0 Å². The van der Waals surface area contributed by atoms with Crippen LogP contribution in [0.1, 0.15) is 0 Å². The second kappa shape index (κ2) is 4.45. The maximum Gasteiger partial charge on any atom is 0.132 e. The molecule has 3 aromatic rings. The molecule has 0 atom stereocenters. The fourth-order valence-electron chi connectivity index (χ4n) is 1.90. The van der Waals surface area contributed by atoms with Gasteiger partial charge in [-0.25, -0.2) is 4.99 Å². The molecule has 1 aromatic carbocycles. The Balaban J connectivity index is 2.16. The predicted octanol–water partition coefficient (Wildman–Crippen LogP) is 2.81. The van der Waals surface area contributed by atoms with Gasteiger partial charge in [-0.15, -0.1) is 0 Å². The molecule has 3 nitrogen and oxygen atoms in total. The summed E-state index contributed by atoms with van der Waals surface area (Å²) < 4.78 is 1.99. The number of aryl methyl sites for hydroxylation is 1. The van der Waals surface area contributed by atoms with Crippen molar-refractivity contribution in [2.24, 2.45) is 12.0 Å². The number of benzene rings is 1. The maximum atomic E-state index is 4.63. The first-order valence-corrected chi connectivity index (χ1v) is 5.84. The largest absolute Gasteiger partial charge is 0.336 e. The van der Waals surface area contributed by atoms with E-state index >= 15 is 0 Å². The van der Waals surface area contributed by atoms with E-state index in [1.807, 2.05) is 60.3 Å². The van der Waals surface area contributed by atoms with Gasteiger partial charge >= 0.3 is 0 Å². The van der Waals surface area contributed by atoms with E-state index in [9.17, 15) is 0 Å². The van der Waals surface area contributed by atoms with Gasteiger partial charge in [0, 0.05) is 24.8 Å². The average molecular weight is 235 g/mol. The van der Waals surface area contributed by atoms with Gasteiger partial charge in [0.15, 0.2) is 0 Å². The highest BCUT2D eigenvalue weighted by Crippen LogP contribution is 2.18. The van der Waals surface area contributed by atoms with Crippen molar-refractivity contribution in [1.82, 2.24) is 9.55 Å². The molecule has 0 aliphatic rings. The maximum absolute atomic E-state index is 4.63. The van der Waals surface area contributed by atoms with Crippen LogP contribution in [0.5, 0.6) is 0 Å². The van der Waals surface area contributed by atoms with Gasteiger partial charge in [0.25, 0.3) is 0 Å². The van der Waals surface area contributed by atoms with Crippen molar-refractivity contribution in [3.05, 3.63) is 66.4 Å². The first-order valence-electron chi connectivity index (χ1n) is 5.84. The molecule has 3 heteroatoms. The molecule has 3 rings (SSSR count). The van der Waals surface area contributed by atoms with Crippen molar-refractivity contribution in [1.29, 1.82) is 0 Å². The Labute approximate surface area is 105 Å². The summed E-state index contributed by atoms with van der Waals surface area (Å²) in [6.45, 7) is 0. The van der Waals surface area contributed by atoms with E-state index in [2.05, 4.69) is 16.0 Å². The van der Waals surface area contributed by atoms with Gasteiger partial charge in [0.2, 0.25) is 0 Å². The SMILES string of the molecule is Cn1ccccc1=Nc1ccc2ncccc2c1. The first-order chi connectivity index (χ1) is 8.83. The topological polar surface area (TPSA) is 30.2 Å². The summed E-state index contributed by atoms with van der Waals surface area (Å²) in [5, 5.41) is 1.11. The van der Waals surface area contributed by atoms with Crippen LogP contribution in [0.3, 0.4) is 0 Å². The number of nitrogens with zero attached hydrogens (tertiary/aromatic N) is 3. The molecule has 0 bridgehead atoms. The molecule has 18 heavy (non-hydrogen) atoms. The van der Waals surface area contributed by atoms with Gasteiger partial charge in [0.1, 0.15) is 5.49 Å². The summed E-state index contributed by atoms with van der Waals surface area (Å²) in [5.74, 6) is 0. The van der Waals surface area contributed by atoms with Crippen molar-refractivity contribution >= 4 is 16.6 Å². The van der Waals surface area contributed by atoms with Crippen LogP contribution in [0.15, 0.2) is 65.9 Å². The average Bonchev–Trinajstić information content (AvgIpc) is 2.41. The molecular weight excluding hydrogens is 222 g/mol. The number of hydrogen-bond donors (Lipinski definition) is 0. The fourth-order valence-corrected chi connectivity index (χ4v) is 1.90. The fraction of sp³-hybridized carbons (Fsp3) is 0.0667. The zero-order valence-electron chi connectivity index (χ0n) is 10.1. The summed E-state index contributed by atoms with van der Waals surface area (Å²) in [6, 6.07) is 16.0. The zero-order valence-corrected chi connectivity index (χ0v) is 10.1. The summed E-state index contributed by atoms with van der Waals surface area (Å²) >= 11 is 0. The van der Waals surface area contributed by atoms with Crippen LogP contribution >= 0.6 is 0 Å². The Morgan fingerprint density at radius 1 is 1.06 bits per heavy atom. The van der Waals surface area contributed by atoms with E-state index in [0.29, 0.717) is 0 Å². The van der Waals surface area contributed by atoms with E-state index in [-0.39, 0.29) is 0 Å². The Morgan fingerprint density at radius 3 is 2.89 bits per heavy atom. The first kappa shape index (κ1) is 10.7. The molecule has 0 radical (unpaired) electrons. The number of aromatic nitrogens is 2. The van der Waals surface area contributed by atoms with Crippen LogP contribution < -0.4 is 5.49 Å². The van der Waals surface area contributed by atoms with Crippen LogP contribution in [0.25, 0.3) is 10.9 Å². The van der Waals surface area contributed by atoms with Crippen molar-refractivity contribution in [2.75, 3.05) is 0 Å². The highest BCUT2D eigenvalue weighted by atomic mass is 15.0. The quantitative estimate of drug-likeness (QED) is 0.638. The number of rotatable bonds is 1. The number of pyridine rings is 2. The smallest absolute Gasteiger partial charge is 0.132 e. The van der Waals surface area contributed by atoms with Crippen LogP contribution in [-0.4, -0.2) is 9.55 Å². The molecule has 0 amide bonds. The third kappa shape index (κ3) is 2.02. The van der Waals surface area contributed by atoms with E-state index < -0.39 is 0 Å². The second-order valence-corrected chi connectivity index (χ2v) is 4.16. The highest BCUT2D eigenvalue weighted by molar-refractivity contribution is 5.81. The van der Waals surface area contributed by atoms with E-state index in [4.69, 9.17) is 0 Å².